The molecule has 3 aromatic carbocycles. The number of hydrogen-bond acceptors (Lipinski definition) is 4. The third kappa shape index (κ3) is 5.99. The number of carbonyl (C=O) groups excluding carboxylic acids is 1. The van der Waals surface area contributed by atoms with Crippen LogP contribution in [0.3, 0.4) is 0 Å². The Morgan fingerprint density at radius 2 is 1.53 bits per heavy atom. The fourth-order valence-electron chi connectivity index (χ4n) is 6.69. The van der Waals surface area contributed by atoms with Gasteiger partial charge in [-0.05, 0) is 87.9 Å². The Balaban J connectivity index is 1.76. The Morgan fingerprint density at radius 1 is 0.933 bits per heavy atom. The monoisotopic (exact) mass is 628 g/mol. The van der Waals surface area contributed by atoms with Gasteiger partial charge < -0.3 is 9.64 Å². The zero-order valence-electron chi connectivity index (χ0n) is 28.4. The Morgan fingerprint density at radius 3 is 2.09 bits per heavy atom. The maximum Gasteiger partial charge on any atom is 0.326 e. The van der Waals surface area contributed by atoms with Gasteiger partial charge in [0.25, 0.3) is 0 Å². The standard InChI is InChI=1S/C38H49ClN4O2/c1-10-45-33-25-30(36(5,6)7)17-20-32(33)34-40-37(8,28-13-11-27(4)12-14-28)38(9,29-15-18-31(39)19-16-29)43(34)35(44)42-23-21-41(22-24-42)26(2)3/h11-20,25-26H,10,21-24H2,1-9H3/t37-,38+/m0/s1. The highest BCUT2D eigenvalue weighted by Crippen LogP contribution is 2.54. The van der Waals surface area contributed by atoms with E-state index in [4.69, 9.17) is 21.3 Å². The Kier molecular flexibility index (Phi) is 9.14. The molecular weight excluding hydrogens is 580 g/mol. The molecule has 1 saturated heterocycles. The lowest BCUT2D eigenvalue weighted by atomic mass is 9.70. The van der Waals surface area contributed by atoms with Crippen molar-refractivity contribution >= 4 is 23.5 Å². The van der Waals surface area contributed by atoms with Gasteiger partial charge in [-0.1, -0.05) is 80.4 Å². The highest BCUT2D eigenvalue weighted by Gasteiger charge is 2.60. The van der Waals surface area contributed by atoms with Gasteiger partial charge in [-0.25, -0.2) is 4.79 Å². The number of aliphatic imine (C=N–C) groups is 1. The minimum absolute atomic E-state index is 0.0483. The van der Waals surface area contributed by atoms with E-state index in [0.717, 1.165) is 41.1 Å². The highest BCUT2D eigenvalue weighted by molar-refractivity contribution is 6.30. The number of aryl methyl sites for hydroxylation is 1. The van der Waals surface area contributed by atoms with Crippen LogP contribution < -0.4 is 4.74 Å². The zero-order chi connectivity index (χ0) is 32.7. The van der Waals surface area contributed by atoms with Crippen LogP contribution in [0.15, 0.2) is 71.7 Å². The van der Waals surface area contributed by atoms with Crippen LogP contribution in [0.4, 0.5) is 4.79 Å². The third-order valence-corrected chi connectivity index (χ3v) is 10.1. The zero-order valence-corrected chi connectivity index (χ0v) is 29.2. The van der Waals surface area contributed by atoms with Crippen molar-refractivity contribution in [3.63, 3.8) is 0 Å². The molecule has 2 amide bonds. The molecule has 0 saturated carbocycles. The molecular formula is C38H49ClN4O2. The Hall–Kier alpha value is -3.35. The lowest BCUT2D eigenvalue weighted by molar-refractivity contribution is 0.0790. The Labute approximate surface area is 275 Å². The summed E-state index contributed by atoms with van der Waals surface area (Å²) in [7, 11) is 0. The molecule has 1 fully saturated rings. The van der Waals surface area contributed by atoms with E-state index < -0.39 is 11.1 Å². The molecule has 3 aromatic rings. The van der Waals surface area contributed by atoms with Crippen LogP contribution in [-0.4, -0.2) is 65.4 Å². The van der Waals surface area contributed by atoms with Gasteiger partial charge in [-0.15, -0.1) is 0 Å². The number of amides is 2. The number of urea groups is 1. The molecule has 6 nitrogen and oxygen atoms in total. The van der Waals surface area contributed by atoms with Gasteiger partial charge in [0, 0.05) is 37.2 Å². The first-order valence-electron chi connectivity index (χ1n) is 16.2. The van der Waals surface area contributed by atoms with Crippen LogP contribution in [-0.2, 0) is 16.5 Å². The molecule has 0 bridgehead atoms. The predicted molar refractivity (Wildman–Crippen MR) is 186 cm³/mol. The number of benzene rings is 3. The molecule has 0 unspecified atom stereocenters. The van der Waals surface area contributed by atoms with Gasteiger partial charge >= 0.3 is 6.03 Å². The second-order valence-corrected chi connectivity index (χ2v) is 14.5. The highest BCUT2D eigenvalue weighted by atomic mass is 35.5. The lowest BCUT2D eigenvalue weighted by Crippen LogP contribution is -2.61. The van der Waals surface area contributed by atoms with Crippen molar-refractivity contribution < 1.29 is 9.53 Å². The summed E-state index contributed by atoms with van der Waals surface area (Å²) in [5, 5.41) is 0.651. The van der Waals surface area contributed by atoms with E-state index in [0.29, 0.717) is 36.6 Å². The van der Waals surface area contributed by atoms with Crippen LogP contribution >= 0.6 is 11.6 Å². The normalized spacial score (nSPS) is 22.6. The molecule has 240 valence electrons. The van der Waals surface area contributed by atoms with E-state index >= 15 is 4.79 Å². The molecule has 0 radical (unpaired) electrons. The number of amidine groups is 1. The van der Waals surface area contributed by atoms with E-state index in [1.807, 2.05) is 41.0 Å². The maximum absolute atomic E-state index is 15.1. The van der Waals surface area contributed by atoms with Gasteiger partial charge in [0.05, 0.1) is 12.2 Å². The molecule has 0 N–H and O–H groups in total. The molecule has 7 heteroatoms. The topological polar surface area (TPSA) is 48.4 Å². The predicted octanol–water partition coefficient (Wildman–Crippen LogP) is 8.38. The molecule has 5 rings (SSSR count). The molecule has 2 aliphatic rings. The minimum Gasteiger partial charge on any atom is -0.493 e. The largest absolute Gasteiger partial charge is 0.493 e. The summed E-state index contributed by atoms with van der Waals surface area (Å²) in [5.41, 5.74) is 3.37. The van der Waals surface area contributed by atoms with Gasteiger partial charge in [0.2, 0.25) is 0 Å². The number of ether oxygens (including phenoxy) is 1. The fraction of sp³-hybridized carbons (Fsp3) is 0.474. The first-order valence-corrected chi connectivity index (χ1v) is 16.6. The van der Waals surface area contributed by atoms with Crippen LogP contribution in [0.1, 0.15) is 83.2 Å². The SMILES string of the molecule is CCOc1cc(C(C)(C)C)ccc1C1=N[C@@](C)(c2ccc(C)cc2)[C@@](C)(c2ccc(Cl)cc2)N1C(=O)N1CCN(C(C)C)CC1. The van der Waals surface area contributed by atoms with Gasteiger partial charge in [-0.3, -0.25) is 14.8 Å². The summed E-state index contributed by atoms with van der Waals surface area (Å²) in [4.78, 5) is 27.0. The van der Waals surface area contributed by atoms with E-state index in [1.54, 1.807) is 0 Å². The van der Waals surface area contributed by atoms with Crippen molar-refractivity contribution in [1.82, 2.24) is 14.7 Å². The second kappa shape index (κ2) is 12.4. The number of nitrogens with zero attached hydrogens (tertiary/aromatic N) is 4. The molecule has 45 heavy (non-hydrogen) atoms. The molecule has 2 atom stereocenters. The molecule has 0 spiro atoms. The van der Waals surface area contributed by atoms with Gasteiger partial charge in [0.1, 0.15) is 22.7 Å². The van der Waals surface area contributed by atoms with Gasteiger partial charge in [0.15, 0.2) is 0 Å². The van der Waals surface area contributed by atoms with Crippen LogP contribution in [0.2, 0.25) is 5.02 Å². The fourth-order valence-corrected chi connectivity index (χ4v) is 6.82. The van der Waals surface area contributed by atoms with Crippen molar-refractivity contribution in [3.05, 3.63) is 99.6 Å². The lowest BCUT2D eigenvalue weighted by Gasteiger charge is -2.47. The summed E-state index contributed by atoms with van der Waals surface area (Å²) in [6.45, 7) is 22.9. The smallest absolute Gasteiger partial charge is 0.326 e. The quantitative estimate of drug-likeness (QED) is 0.275. The number of hydrogen-bond donors (Lipinski definition) is 0. The molecule has 2 aliphatic heterocycles. The summed E-state index contributed by atoms with van der Waals surface area (Å²) >= 11 is 6.42. The molecule has 0 aromatic heterocycles. The van der Waals surface area contributed by atoms with Crippen molar-refractivity contribution in [3.8, 4) is 5.75 Å². The van der Waals surface area contributed by atoms with Crippen molar-refractivity contribution in [2.24, 2.45) is 4.99 Å². The maximum atomic E-state index is 15.1. The third-order valence-electron chi connectivity index (χ3n) is 9.85. The van der Waals surface area contributed by atoms with Crippen molar-refractivity contribution in [2.75, 3.05) is 32.8 Å². The van der Waals surface area contributed by atoms with E-state index in [-0.39, 0.29) is 11.4 Å². The van der Waals surface area contributed by atoms with E-state index in [2.05, 4.69) is 103 Å². The number of rotatable bonds is 6. The van der Waals surface area contributed by atoms with Crippen molar-refractivity contribution in [1.29, 1.82) is 0 Å². The number of piperazine rings is 1. The van der Waals surface area contributed by atoms with Gasteiger partial charge in [-0.2, -0.15) is 0 Å². The molecule has 0 aliphatic carbocycles. The summed E-state index contributed by atoms with van der Waals surface area (Å²) in [6, 6.07) is 23.2. The molecule has 2 heterocycles. The number of halogens is 1. The first kappa shape index (κ1) is 33.0. The minimum atomic E-state index is -0.888. The first-order chi connectivity index (χ1) is 21.2. The number of carbonyl (C=O) groups is 1. The Bertz CT molecular complexity index is 1550. The van der Waals surface area contributed by atoms with E-state index in [9.17, 15) is 0 Å². The van der Waals surface area contributed by atoms with Crippen LogP contribution in [0.5, 0.6) is 5.75 Å². The summed E-state index contributed by atoms with van der Waals surface area (Å²) in [6.07, 6.45) is 0. The second-order valence-electron chi connectivity index (χ2n) is 14.1. The van der Waals surface area contributed by atoms with E-state index in [1.165, 1.54) is 5.56 Å². The summed E-state index contributed by atoms with van der Waals surface area (Å²) < 4.78 is 6.32. The average molecular weight is 629 g/mol. The average Bonchev–Trinajstić information content (AvgIpc) is 3.25. The summed E-state index contributed by atoms with van der Waals surface area (Å²) in [5.74, 6) is 1.36. The van der Waals surface area contributed by atoms with Crippen molar-refractivity contribution in [2.45, 2.75) is 84.8 Å². The van der Waals surface area contributed by atoms with Crippen LogP contribution in [0.25, 0.3) is 0 Å². The van der Waals surface area contributed by atoms with Crippen LogP contribution in [0, 0.1) is 6.92 Å².